The van der Waals surface area contributed by atoms with Gasteiger partial charge < -0.3 is 9.72 Å². The van der Waals surface area contributed by atoms with E-state index in [0.29, 0.717) is 21.7 Å². The van der Waals surface area contributed by atoms with E-state index >= 15 is 0 Å². The lowest BCUT2D eigenvalue weighted by molar-refractivity contribution is 0.177. The highest BCUT2D eigenvalue weighted by Crippen LogP contribution is 2.19. The van der Waals surface area contributed by atoms with Crippen LogP contribution in [-0.2, 0) is 11.3 Å². The van der Waals surface area contributed by atoms with Crippen LogP contribution in [0.25, 0.3) is 11.3 Å². The molecule has 0 fully saturated rings. The molecule has 94 valence electrons. The molecule has 0 saturated heterocycles. The number of H-pyrrole nitrogens is 1. The minimum absolute atomic E-state index is 0.265. The normalized spacial score (nSPS) is 10.6. The van der Waals surface area contributed by atoms with Crippen LogP contribution in [0.3, 0.4) is 0 Å². The van der Waals surface area contributed by atoms with Crippen molar-refractivity contribution in [3.63, 3.8) is 0 Å². The van der Waals surface area contributed by atoms with Gasteiger partial charge in [0.25, 0.3) is 0 Å². The standard InChI is InChI=1S/C12H10F2N2OS/c1-17-6-11-15-10(5-12(18)16-11)7-2-3-8(13)9(14)4-7/h2-5H,6H2,1H3,(H,15,16,18). The molecule has 0 radical (unpaired) electrons. The summed E-state index contributed by atoms with van der Waals surface area (Å²) in [5, 5.41) is 0. The Balaban J connectivity index is 2.49. The second kappa shape index (κ2) is 5.32. The number of benzene rings is 1. The van der Waals surface area contributed by atoms with Crippen molar-refractivity contribution < 1.29 is 13.5 Å². The molecule has 1 N–H and O–H groups in total. The minimum atomic E-state index is -0.906. The van der Waals surface area contributed by atoms with E-state index < -0.39 is 11.6 Å². The fourth-order valence-electron chi connectivity index (χ4n) is 1.53. The van der Waals surface area contributed by atoms with Crippen LogP contribution in [0.2, 0.25) is 0 Å². The van der Waals surface area contributed by atoms with Crippen molar-refractivity contribution in [2.45, 2.75) is 6.61 Å². The molecule has 2 rings (SSSR count). The fourth-order valence-corrected chi connectivity index (χ4v) is 1.76. The van der Waals surface area contributed by atoms with E-state index in [9.17, 15) is 8.78 Å². The number of aromatic nitrogens is 2. The maximum absolute atomic E-state index is 13.2. The number of nitrogens with zero attached hydrogens (tertiary/aromatic N) is 1. The molecule has 1 aromatic heterocycles. The molecule has 6 heteroatoms. The summed E-state index contributed by atoms with van der Waals surface area (Å²) in [5.74, 6) is -1.26. The fraction of sp³-hybridized carbons (Fsp3) is 0.167. The van der Waals surface area contributed by atoms with Gasteiger partial charge in [0, 0.05) is 18.4 Å². The minimum Gasteiger partial charge on any atom is -0.377 e. The molecule has 0 aliphatic rings. The highest BCUT2D eigenvalue weighted by atomic mass is 32.1. The summed E-state index contributed by atoms with van der Waals surface area (Å²) in [4.78, 5) is 7.01. The highest BCUT2D eigenvalue weighted by Gasteiger charge is 2.06. The Kier molecular flexibility index (Phi) is 3.78. The Morgan fingerprint density at radius 3 is 2.72 bits per heavy atom. The summed E-state index contributed by atoms with van der Waals surface area (Å²) >= 11 is 5.01. The van der Waals surface area contributed by atoms with Gasteiger partial charge in [-0.15, -0.1) is 0 Å². The van der Waals surface area contributed by atoms with Crippen LogP contribution >= 0.6 is 12.2 Å². The Bertz CT molecular complexity index is 628. The lowest BCUT2D eigenvalue weighted by Gasteiger charge is -2.06. The molecular formula is C12H10F2N2OS. The predicted molar refractivity (Wildman–Crippen MR) is 65.5 cm³/mol. The van der Waals surface area contributed by atoms with E-state index in [1.807, 2.05) is 0 Å². The summed E-state index contributed by atoms with van der Waals surface area (Å²) in [5.41, 5.74) is 1.07. The van der Waals surface area contributed by atoms with E-state index in [4.69, 9.17) is 17.0 Å². The molecule has 0 atom stereocenters. The van der Waals surface area contributed by atoms with Gasteiger partial charge in [0.05, 0.1) is 0 Å². The molecule has 0 bridgehead atoms. The van der Waals surface area contributed by atoms with Crippen molar-refractivity contribution in [3.8, 4) is 11.3 Å². The Labute approximate surface area is 107 Å². The number of rotatable bonds is 3. The van der Waals surface area contributed by atoms with Crippen molar-refractivity contribution in [2.75, 3.05) is 7.11 Å². The van der Waals surface area contributed by atoms with E-state index in [-0.39, 0.29) is 6.61 Å². The van der Waals surface area contributed by atoms with Crippen LogP contribution in [0, 0.1) is 16.3 Å². The zero-order valence-electron chi connectivity index (χ0n) is 9.54. The molecule has 1 heterocycles. The van der Waals surface area contributed by atoms with Crippen molar-refractivity contribution in [1.82, 2.24) is 9.97 Å². The first kappa shape index (κ1) is 12.8. The number of methoxy groups -OCH3 is 1. The van der Waals surface area contributed by atoms with Crippen molar-refractivity contribution in [2.24, 2.45) is 0 Å². The molecule has 0 unspecified atom stereocenters. The molecule has 0 aliphatic heterocycles. The third-order valence-electron chi connectivity index (χ3n) is 2.30. The zero-order chi connectivity index (χ0) is 13.1. The third kappa shape index (κ3) is 2.77. The Morgan fingerprint density at radius 2 is 2.06 bits per heavy atom. The summed E-state index contributed by atoms with van der Waals surface area (Å²) in [6.07, 6.45) is 0. The third-order valence-corrected chi connectivity index (χ3v) is 2.51. The maximum atomic E-state index is 13.2. The molecule has 18 heavy (non-hydrogen) atoms. The molecule has 0 spiro atoms. The lowest BCUT2D eigenvalue weighted by Crippen LogP contribution is -1.99. The van der Waals surface area contributed by atoms with Crippen molar-refractivity contribution >= 4 is 12.2 Å². The van der Waals surface area contributed by atoms with E-state index in [0.717, 1.165) is 12.1 Å². The predicted octanol–water partition coefficient (Wildman–Crippen LogP) is 3.23. The quantitative estimate of drug-likeness (QED) is 0.868. The van der Waals surface area contributed by atoms with Gasteiger partial charge in [-0.25, -0.2) is 13.8 Å². The molecule has 0 aliphatic carbocycles. The van der Waals surface area contributed by atoms with Gasteiger partial charge in [-0.2, -0.15) is 0 Å². The maximum Gasteiger partial charge on any atom is 0.159 e. The van der Waals surface area contributed by atoms with Gasteiger partial charge in [-0.05, 0) is 24.3 Å². The number of ether oxygens (including phenoxy) is 1. The molecular weight excluding hydrogens is 258 g/mol. The monoisotopic (exact) mass is 268 g/mol. The first-order chi connectivity index (χ1) is 8.60. The first-order valence-electron chi connectivity index (χ1n) is 5.15. The van der Waals surface area contributed by atoms with Gasteiger partial charge >= 0.3 is 0 Å². The van der Waals surface area contributed by atoms with Gasteiger partial charge in [-0.3, -0.25) is 0 Å². The van der Waals surface area contributed by atoms with Gasteiger partial charge in [-0.1, -0.05) is 12.2 Å². The van der Waals surface area contributed by atoms with Gasteiger partial charge in [0.2, 0.25) is 0 Å². The average Bonchev–Trinajstić information content (AvgIpc) is 2.32. The highest BCUT2D eigenvalue weighted by molar-refractivity contribution is 7.71. The second-order valence-corrected chi connectivity index (χ2v) is 4.06. The lowest BCUT2D eigenvalue weighted by atomic mass is 10.1. The largest absolute Gasteiger partial charge is 0.377 e. The number of aromatic amines is 1. The smallest absolute Gasteiger partial charge is 0.159 e. The molecule has 1 aromatic carbocycles. The molecule has 0 amide bonds. The summed E-state index contributed by atoms with van der Waals surface area (Å²) in [6.45, 7) is 0.265. The van der Waals surface area contributed by atoms with Crippen molar-refractivity contribution in [3.05, 3.63) is 46.4 Å². The Hall–Kier alpha value is -1.66. The first-order valence-corrected chi connectivity index (χ1v) is 5.55. The van der Waals surface area contributed by atoms with E-state index in [2.05, 4.69) is 9.97 Å². The van der Waals surface area contributed by atoms with Crippen molar-refractivity contribution in [1.29, 1.82) is 0 Å². The van der Waals surface area contributed by atoms with Crippen LogP contribution < -0.4 is 0 Å². The van der Waals surface area contributed by atoms with Crippen LogP contribution in [0.1, 0.15) is 5.82 Å². The molecule has 0 saturated carbocycles. The van der Waals surface area contributed by atoms with Crippen LogP contribution in [0.5, 0.6) is 0 Å². The Morgan fingerprint density at radius 1 is 1.28 bits per heavy atom. The number of halogens is 2. The average molecular weight is 268 g/mol. The summed E-state index contributed by atoms with van der Waals surface area (Å²) in [7, 11) is 1.53. The van der Waals surface area contributed by atoms with E-state index in [1.54, 1.807) is 6.07 Å². The molecule has 3 nitrogen and oxygen atoms in total. The number of hydrogen-bond donors (Lipinski definition) is 1. The van der Waals surface area contributed by atoms with Gasteiger partial charge in [0.1, 0.15) is 17.1 Å². The number of hydrogen-bond acceptors (Lipinski definition) is 3. The van der Waals surface area contributed by atoms with E-state index in [1.165, 1.54) is 13.2 Å². The second-order valence-electron chi connectivity index (χ2n) is 3.64. The SMILES string of the molecule is COCc1nc(=S)cc(-c2ccc(F)c(F)c2)[nH]1. The zero-order valence-corrected chi connectivity index (χ0v) is 10.4. The summed E-state index contributed by atoms with van der Waals surface area (Å²) in [6, 6.07) is 5.22. The number of nitrogens with one attached hydrogen (secondary N) is 1. The summed E-state index contributed by atoms with van der Waals surface area (Å²) < 4.78 is 31.3. The van der Waals surface area contributed by atoms with Crippen LogP contribution in [0.15, 0.2) is 24.3 Å². The molecule has 2 aromatic rings. The van der Waals surface area contributed by atoms with Crippen LogP contribution in [0.4, 0.5) is 8.78 Å². The van der Waals surface area contributed by atoms with Crippen LogP contribution in [-0.4, -0.2) is 17.1 Å². The van der Waals surface area contributed by atoms with Gasteiger partial charge in [0.15, 0.2) is 11.6 Å². The topological polar surface area (TPSA) is 37.9 Å².